The van der Waals surface area contributed by atoms with Crippen LogP contribution in [0.2, 0.25) is 5.02 Å². The summed E-state index contributed by atoms with van der Waals surface area (Å²) in [4.78, 5) is 40.9. The number of nitrogens with zero attached hydrogens (tertiary/aromatic N) is 3. The number of carbonyl (C=O) groups is 2. The number of hydrogen-bond acceptors (Lipinski definition) is 8. The van der Waals surface area contributed by atoms with Gasteiger partial charge in [0.1, 0.15) is 17.3 Å². The second-order valence-corrected chi connectivity index (χ2v) is 10.8. The zero-order valence-corrected chi connectivity index (χ0v) is 22.4. The fourth-order valence-corrected chi connectivity index (χ4v) is 5.83. The van der Waals surface area contributed by atoms with Crippen LogP contribution in [0, 0.1) is 23.2 Å². The van der Waals surface area contributed by atoms with Crippen molar-refractivity contribution < 1.29 is 19.1 Å². The fraction of sp³-hybridized carbons (Fsp3) is 0.577. The van der Waals surface area contributed by atoms with Gasteiger partial charge in [-0.25, -0.2) is 9.48 Å². The predicted octanol–water partition coefficient (Wildman–Crippen LogP) is 3.03. The number of carbonyl (C=O) groups excluding carboxylic acids is 2. The maximum atomic E-state index is 12.8. The van der Waals surface area contributed by atoms with Crippen molar-refractivity contribution in [2.24, 2.45) is 23.2 Å². The first-order valence-electron chi connectivity index (χ1n) is 12.6. The maximum Gasteiger partial charge on any atom is 0.344 e. The fourth-order valence-electron chi connectivity index (χ4n) is 5.63. The number of amides is 1. The molecule has 0 spiro atoms. The lowest BCUT2D eigenvalue weighted by molar-refractivity contribution is -0.145. The highest BCUT2D eigenvalue weighted by atomic mass is 35.5. The Bertz CT molecular complexity index is 1220. The normalized spacial score (nSPS) is 23.5. The van der Waals surface area contributed by atoms with E-state index in [1.807, 2.05) is 0 Å². The largest absolute Gasteiger partial charge is 0.480 e. The minimum Gasteiger partial charge on any atom is -0.480 e. The van der Waals surface area contributed by atoms with Crippen molar-refractivity contribution in [1.29, 1.82) is 0 Å². The second-order valence-electron chi connectivity index (χ2n) is 10.4. The summed E-state index contributed by atoms with van der Waals surface area (Å²) >= 11 is 6.40. The molecule has 2 heterocycles. The van der Waals surface area contributed by atoms with Crippen molar-refractivity contribution in [3.05, 3.63) is 45.6 Å². The predicted molar refractivity (Wildman–Crippen MR) is 138 cm³/mol. The van der Waals surface area contributed by atoms with Gasteiger partial charge in [-0.05, 0) is 49.0 Å². The number of halogens is 1. The molecule has 200 valence electrons. The Kier molecular flexibility index (Phi) is 8.06. The number of hydrogen-bond donors (Lipinski definition) is 2. The highest BCUT2D eigenvalue weighted by Gasteiger charge is 2.56. The second kappa shape index (κ2) is 11.1. The first kappa shape index (κ1) is 26.9. The summed E-state index contributed by atoms with van der Waals surface area (Å²) in [6, 6.07) is 1.90. The topological polar surface area (TPSA) is 124 Å². The average molecular weight is 532 g/mol. The van der Waals surface area contributed by atoms with Gasteiger partial charge in [-0.2, -0.15) is 5.10 Å². The first-order valence-corrected chi connectivity index (χ1v) is 13.0. The average Bonchev–Trinajstić information content (AvgIpc) is 2.87. The number of esters is 1. The molecule has 3 fully saturated rings. The Morgan fingerprint density at radius 1 is 1.27 bits per heavy atom. The number of rotatable bonds is 10. The van der Waals surface area contributed by atoms with Crippen LogP contribution in [0.5, 0.6) is 5.75 Å². The van der Waals surface area contributed by atoms with E-state index in [0.29, 0.717) is 40.2 Å². The minimum atomic E-state index is -0.530. The molecule has 0 aromatic carbocycles. The van der Waals surface area contributed by atoms with Crippen LogP contribution in [0.1, 0.15) is 46.1 Å². The Labute approximate surface area is 221 Å². The Hall–Kier alpha value is -3.14. The number of aromatic nitrogens is 3. The molecule has 2 bridgehead atoms. The molecular weight excluding hydrogens is 498 g/mol. The van der Waals surface area contributed by atoms with Crippen LogP contribution in [0.15, 0.2) is 29.5 Å². The van der Waals surface area contributed by atoms with E-state index in [2.05, 4.69) is 41.5 Å². The molecule has 0 unspecified atom stereocenters. The molecule has 5 rings (SSSR count). The summed E-state index contributed by atoms with van der Waals surface area (Å²) in [6.07, 6.45) is 6.81. The summed E-state index contributed by atoms with van der Waals surface area (Å²) in [5, 5.41) is 10.4. The van der Waals surface area contributed by atoms with Crippen LogP contribution in [-0.4, -0.2) is 45.9 Å². The van der Waals surface area contributed by atoms with Gasteiger partial charge in [0, 0.05) is 24.3 Å². The van der Waals surface area contributed by atoms with Gasteiger partial charge in [0.25, 0.3) is 5.56 Å². The first-order chi connectivity index (χ1) is 17.6. The van der Waals surface area contributed by atoms with Crippen LogP contribution in [-0.2, 0) is 27.4 Å². The van der Waals surface area contributed by atoms with Crippen LogP contribution in [0.4, 0.5) is 5.69 Å². The smallest absolute Gasteiger partial charge is 0.344 e. The monoisotopic (exact) mass is 531 g/mol. The molecule has 0 aliphatic heterocycles. The van der Waals surface area contributed by atoms with Crippen LogP contribution < -0.4 is 20.9 Å². The molecule has 3 saturated carbocycles. The number of anilines is 1. The zero-order valence-electron chi connectivity index (χ0n) is 21.6. The number of pyridine rings is 1. The van der Waals surface area contributed by atoms with Crippen molar-refractivity contribution >= 4 is 29.2 Å². The van der Waals surface area contributed by atoms with Crippen LogP contribution in [0.3, 0.4) is 0 Å². The molecule has 2 aromatic rings. The van der Waals surface area contributed by atoms with E-state index in [9.17, 15) is 14.4 Å². The molecule has 2 N–H and O–H groups in total. The van der Waals surface area contributed by atoms with E-state index in [1.165, 1.54) is 18.8 Å². The number of ether oxygens (including phenoxy) is 2. The summed E-state index contributed by atoms with van der Waals surface area (Å²) in [6.45, 7) is 8.45. The molecule has 4 atom stereocenters. The van der Waals surface area contributed by atoms with Crippen LogP contribution in [0.25, 0.3) is 0 Å². The molecule has 2 aromatic heterocycles. The lowest BCUT2D eigenvalue weighted by atomic mass is 9.45. The summed E-state index contributed by atoms with van der Waals surface area (Å²) < 4.78 is 11.4. The van der Waals surface area contributed by atoms with Crippen molar-refractivity contribution in [3.63, 3.8) is 0 Å². The van der Waals surface area contributed by atoms with Crippen LogP contribution >= 0.6 is 11.6 Å². The summed E-state index contributed by atoms with van der Waals surface area (Å²) in [5.74, 6) is 1.20. The highest BCUT2D eigenvalue weighted by Crippen LogP contribution is 2.61. The van der Waals surface area contributed by atoms with Gasteiger partial charge in [0.05, 0.1) is 24.7 Å². The molecule has 37 heavy (non-hydrogen) atoms. The van der Waals surface area contributed by atoms with E-state index >= 15 is 0 Å². The van der Waals surface area contributed by atoms with E-state index in [-0.39, 0.29) is 37.4 Å². The van der Waals surface area contributed by atoms with Crippen molar-refractivity contribution in [2.75, 3.05) is 18.5 Å². The van der Waals surface area contributed by atoms with Crippen molar-refractivity contribution in [3.8, 4) is 5.75 Å². The standard InChI is InChI=1S/C26H34ClN5O5/c1-5-36-23(34)14-37-21-12-28-7-6-16(21)10-29-22(33)13-32-25(35)24(27)20(11-30-32)31-19-9-17-8-18(15(19)2)26(17,3)4/h6-7,11-12,15,17-19,31H,5,8-10,13-14H2,1-4H3,(H,29,33)/t15-,17-,18+,19-/m1/s1. The summed E-state index contributed by atoms with van der Waals surface area (Å²) in [5.41, 5.74) is 0.950. The summed E-state index contributed by atoms with van der Waals surface area (Å²) in [7, 11) is 0. The minimum absolute atomic E-state index is 0.0253. The van der Waals surface area contributed by atoms with Gasteiger partial charge in [-0.1, -0.05) is 32.4 Å². The van der Waals surface area contributed by atoms with Gasteiger partial charge in [0.2, 0.25) is 5.91 Å². The molecule has 3 aliphatic carbocycles. The van der Waals surface area contributed by atoms with Gasteiger partial charge in [0.15, 0.2) is 6.61 Å². The Balaban J connectivity index is 1.34. The maximum absolute atomic E-state index is 12.8. The SMILES string of the molecule is CCOC(=O)COc1cnccc1CNC(=O)Cn1ncc(N[C@@H]2C[C@H]3C[C@@H]([C@H]2C)C3(C)C)c(Cl)c1=O. The number of nitrogens with one attached hydrogen (secondary N) is 2. The van der Waals surface area contributed by atoms with Gasteiger partial charge in [-0.3, -0.25) is 14.6 Å². The molecule has 3 aliphatic rings. The molecular formula is C26H34ClN5O5. The third-order valence-electron chi connectivity index (χ3n) is 7.97. The lowest BCUT2D eigenvalue weighted by Crippen LogP contribution is -2.58. The lowest BCUT2D eigenvalue weighted by Gasteiger charge is -2.62. The highest BCUT2D eigenvalue weighted by molar-refractivity contribution is 6.32. The van der Waals surface area contributed by atoms with E-state index in [4.69, 9.17) is 21.1 Å². The van der Waals surface area contributed by atoms with Crippen molar-refractivity contribution in [2.45, 2.75) is 59.7 Å². The molecule has 11 heteroatoms. The van der Waals surface area contributed by atoms with Crippen molar-refractivity contribution in [1.82, 2.24) is 20.1 Å². The van der Waals surface area contributed by atoms with Gasteiger partial charge >= 0.3 is 5.97 Å². The van der Waals surface area contributed by atoms with Gasteiger partial charge < -0.3 is 20.1 Å². The Morgan fingerprint density at radius 3 is 2.76 bits per heavy atom. The van der Waals surface area contributed by atoms with Gasteiger partial charge in [-0.15, -0.1) is 0 Å². The number of fused-ring (bicyclic) bond motifs is 2. The molecule has 0 saturated heterocycles. The third kappa shape index (κ3) is 5.74. The van der Waals surface area contributed by atoms with E-state index in [0.717, 1.165) is 11.1 Å². The molecule has 1 amide bonds. The third-order valence-corrected chi connectivity index (χ3v) is 8.34. The molecule has 10 nitrogen and oxygen atoms in total. The zero-order chi connectivity index (χ0) is 26.7. The van der Waals surface area contributed by atoms with E-state index in [1.54, 1.807) is 19.2 Å². The van der Waals surface area contributed by atoms with E-state index < -0.39 is 17.4 Å². The molecule has 0 radical (unpaired) electrons. The Morgan fingerprint density at radius 2 is 2.05 bits per heavy atom. The quantitative estimate of drug-likeness (QED) is 0.448.